The quantitative estimate of drug-likeness (QED) is 0.707. The normalized spacial score (nSPS) is 15.5. The fourth-order valence-corrected chi connectivity index (χ4v) is 2.44. The van der Waals surface area contributed by atoms with Crippen LogP contribution in [0.25, 0.3) is 11.1 Å². The molecule has 1 aromatic carbocycles. The van der Waals surface area contributed by atoms with Crippen molar-refractivity contribution in [1.82, 2.24) is 4.57 Å². The number of carbonyl (C=O) groups excluding carboxylic acids is 1. The molecule has 2 aromatic rings. The van der Waals surface area contributed by atoms with Gasteiger partial charge < -0.3 is 4.74 Å². The van der Waals surface area contributed by atoms with Gasteiger partial charge in [0.1, 0.15) is 11.4 Å². The van der Waals surface area contributed by atoms with Crippen LogP contribution in [0.2, 0.25) is 0 Å². The topological polar surface area (TPSA) is 31.2 Å². The van der Waals surface area contributed by atoms with Crippen molar-refractivity contribution in [3.05, 3.63) is 42.2 Å². The number of carbonyl (C=O) groups is 1. The predicted octanol–water partition coefficient (Wildman–Crippen LogP) is 3.44. The van der Waals surface area contributed by atoms with Crippen LogP contribution >= 0.6 is 0 Å². The highest BCUT2D eigenvalue weighted by Gasteiger charge is 2.34. The molecule has 3 rings (SSSR count). The summed E-state index contributed by atoms with van der Waals surface area (Å²) >= 11 is 0. The lowest BCUT2D eigenvalue weighted by molar-refractivity contribution is 0.0933. The minimum absolute atomic E-state index is 0.0117. The second-order valence-electron chi connectivity index (χ2n) is 5.12. The molecule has 0 amide bonds. The predicted molar refractivity (Wildman–Crippen MR) is 69.8 cm³/mol. The summed E-state index contributed by atoms with van der Waals surface area (Å²) in [4.78, 5) is 11.5. The molecule has 3 nitrogen and oxygen atoms in total. The van der Waals surface area contributed by atoms with E-state index >= 15 is 0 Å². The Hall–Kier alpha value is -2.03. The van der Waals surface area contributed by atoms with E-state index in [1.807, 2.05) is 50.5 Å². The third kappa shape index (κ3) is 1.47. The van der Waals surface area contributed by atoms with Crippen LogP contribution in [0, 0.1) is 0 Å². The number of aromatic nitrogens is 1. The maximum Gasteiger partial charge on any atom is 0.227 e. The molecule has 0 saturated carbocycles. The van der Waals surface area contributed by atoms with Crippen LogP contribution in [-0.4, -0.2) is 10.5 Å². The van der Waals surface area contributed by atoms with Crippen molar-refractivity contribution >= 4 is 5.91 Å². The number of rotatable bonds is 0. The Morgan fingerprint density at radius 2 is 1.89 bits per heavy atom. The first kappa shape index (κ1) is 11.1. The molecule has 0 saturated heterocycles. The van der Waals surface area contributed by atoms with Crippen LogP contribution in [0.5, 0.6) is 5.75 Å². The van der Waals surface area contributed by atoms with E-state index in [-0.39, 0.29) is 5.91 Å². The third-order valence-corrected chi connectivity index (χ3v) is 3.38. The molecule has 0 unspecified atom stereocenters. The van der Waals surface area contributed by atoms with Crippen molar-refractivity contribution in [3.63, 3.8) is 0 Å². The van der Waals surface area contributed by atoms with Gasteiger partial charge in [0.25, 0.3) is 0 Å². The van der Waals surface area contributed by atoms with Gasteiger partial charge in [-0.2, -0.15) is 0 Å². The molecule has 0 atom stereocenters. The lowest BCUT2D eigenvalue weighted by Gasteiger charge is -2.32. The van der Waals surface area contributed by atoms with Crippen molar-refractivity contribution in [1.29, 1.82) is 0 Å². The second kappa shape index (κ2) is 3.48. The molecule has 0 spiro atoms. The number of ether oxygens (including phenoxy) is 1. The fraction of sp³-hybridized carbons (Fsp3) is 0.267. The average molecular weight is 241 g/mol. The lowest BCUT2D eigenvalue weighted by Crippen LogP contribution is -2.28. The van der Waals surface area contributed by atoms with Gasteiger partial charge in [-0.1, -0.05) is 18.2 Å². The van der Waals surface area contributed by atoms with Crippen LogP contribution in [0.4, 0.5) is 0 Å². The number of para-hydroxylation sites is 1. The average Bonchev–Trinajstić information content (AvgIpc) is 2.74. The molecule has 1 aliphatic heterocycles. The zero-order valence-electron chi connectivity index (χ0n) is 10.7. The SMILES string of the molecule is CC(=O)n1cc2c(c1)C(C)(C)Oc1ccccc1-2. The van der Waals surface area contributed by atoms with Crippen molar-refractivity contribution in [2.24, 2.45) is 0 Å². The van der Waals surface area contributed by atoms with Crippen molar-refractivity contribution in [2.75, 3.05) is 0 Å². The van der Waals surface area contributed by atoms with Crippen molar-refractivity contribution in [3.8, 4) is 16.9 Å². The largest absolute Gasteiger partial charge is 0.482 e. The summed E-state index contributed by atoms with van der Waals surface area (Å²) in [6.07, 6.45) is 3.76. The first-order valence-corrected chi connectivity index (χ1v) is 6.01. The van der Waals surface area contributed by atoms with Gasteiger partial charge in [0.2, 0.25) is 5.91 Å². The Labute approximate surface area is 106 Å². The van der Waals surface area contributed by atoms with Gasteiger partial charge in [0.05, 0.1) is 0 Å². The first-order chi connectivity index (χ1) is 8.49. The van der Waals surface area contributed by atoms with Crippen LogP contribution in [-0.2, 0) is 5.60 Å². The molecular formula is C15H15NO2. The van der Waals surface area contributed by atoms with Gasteiger partial charge in [0.15, 0.2) is 0 Å². The van der Waals surface area contributed by atoms with E-state index in [1.165, 1.54) is 0 Å². The number of nitrogens with zero attached hydrogens (tertiary/aromatic N) is 1. The maximum atomic E-state index is 11.5. The molecule has 0 aliphatic carbocycles. The lowest BCUT2D eigenvalue weighted by atomic mass is 9.90. The van der Waals surface area contributed by atoms with Gasteiger partial charge in [0, 0.05) is 36.0 Å². The van der Waals surface area contributed by atoms with Gasteiger partial charge in [-0.15, -0.1) is 0 Å². The molecule has 0 fully saturated rings. The highest BCUT2D eigenvalue weighted by atomic mass is 16.5. The minimum atomic E-state index is -0.412. The Morgan fingerprint density at radius 1 is 1.17 bits per heavy atom. The molecule has 2 heterocycles. The fourth-order valence-electron chi connectivity index (χ4n) is 2.44. The van der Waals surface area contributed by atoms with Crippen LogP contribution in [0.1, 0.15) is 31.1 Å². The molecule has 3 heteroatoms. The first-order valence-electron chi connectivity index (χ1n) is 6.01. The van der Waals surface area contributed by atoms with Crippen LogP contribution in [0.15, 0.2) is 36.7 Å². The zero-order valence-corrected chi connectivity index (χ0v) is 10.7. The van der Waals surface area contributed by atoms with Gasteiger partial charge >= 0.3 is 0 Å². The Morgan fingerprint density at radius 3 is 2.61 bits per heavy atom. The van der Waals surface area contributed by atoms with Crippen molar-refractivity contribution in [2.45, 2.75) is 26.4 Å². The van der Waals surface area contributed by atoms with E-state index in [4.69, 9.17) is 4.74 Å². The number of hydrogen-bond acceptors (Lipinski definition) is 2. The molecule has 18 heavy (non-hydrogen) atoms. The van der Waals surface area contributed by atoms with E-state index < -0.39 is 5.60 Å². The summed E-state index contributed by atoms with van der Waals surface area (Å²) in [6.45, 7) is 5.60. The van der Waals surface area contributed by atoms with Gasteiger partial charge in [-0.3, -0.25) is 9.36 Å². The summed E-state index contributed by atoms with van der Waals surface area (Å²) in [5, 5.41) is 0. The summed E-state index contributed by atoms with van der Waals surface area (Å²) in [7, 11) is 0. The van der Waals surface area contributed by atoms with E-state index in [0.29, 0.717) is 0 Å². The van der Waals surface area contributed by atoms with Crippen LogP contribution < -0.4 is 4.74 Å². The molecule has 0 N–H and O–H groups in total. The third-order valence-electron chi connectivity index (χ3n) is 3.38. The molecule has 0 radical (unpaired) electrons. The molecule has 1 aliphatic rings. The Bertz CT molecular complexity index is 638. The number of fused-ring (bicyclic) bond motifs is 3. The van der Waals surface area contributed by atoms with E-state index in [2.05, 4.69) is 0 Å². The summed E-state index contributed by atoms with van der Waals surface area (Å²) in [6, 6.07) is 7.93. The Kier molecular flexibility index (Phi) is 2.14. The monoisotopic (exact) mass is 241 g/mol. The smallest absolute Gasteiger partial charge is 0.227 e. The highest BCUT2D eigenvalue weighted by Crippen LogP contribution is 2.45. The van der Waals surface area contributed by atoms with Gasteiger partial charge in [-0.05, 0) is 19.9 Å². The minimum Gasteiger partial charge on any atom is -0.482 e. The van der Waals surface area contributed by atoms with Crippen LogP contribution in [0.3, 0.4) is 0 Å². The highest BCUT2D eigenvalue weighted by molar-refractivity contribution is 5.82. The molecule has 0 bridgehead atoms. The number of hydrogen-bond donors (Lipinski definition) is 0. The molecule has 92 valence electrons. The maximum absolute atomic E-state index is 11.5. The van der Waals surface area contributed by atoms with E-state index in [0.717, 1.165) is 22.4 Å². The second-order valence-corrected chi connectivity index (χ2v) is 5.12. The van der Waals surface area contributed by atoms with Crippen molar-refractivity contribution < 1.29 is 9.53 Å². The number of benzene rings is 1. The summed E-state index contributed by atoms with van der Waals surface area (Å²) in [5.41, 5.74) is 2.77. The summed E-state index contributed by atoms with van der Waals surface area (Å²) in [5.74, 6) is 0.883. The van der Waals surface area contributed by atoms with E-state index in [9.17, 15) is 4.79 Å². The Balaban J connectivity index is 2.29. The molecule has 1 aromatic heterocycles. The standard InChI is InChI=1S/C15H15NO2/c1-10(17)16-8-12-11-6-4-5-7-14(11)18-15(2,3)13(12)9-16/h4-9H,1-3H3. The van der Waals surface area contributed by atoms with Gasteiger partial charge in [-0.25, -0.2) is 0 Å². The van der Waals surface area contributed by atoms with E-state index in [1.54, 1.807) is 11.5 Å². The zero-order chi connectivity index (χ0) is 12.9. The molecular weight excluding hydrogens is 226 g/mol. The summed E-state index contributed by atoms with van der Waals surface area (Å²) < 4.78 is 7.64.